The zero-order chi connectivity index (χ0) is 37.1. The van der Waals surface area contributed by atoms with E-state index in [-0.39, 0.29) is 22.7 Å². The van der Waals surface area contributed by atoms with Crippen molar-refractivity contribution in [3.05, 3.63) is 94.5 Å². The highest BCUT2D eigenvalue weighted by Crippen LogP contribution is 2.48. The number of aryl methyl sites for hydroxylation is 1. The van der Waals surface area contributed by atoms with Crippen molar-refractivity contribution < 1.29 is 45.5 Å². The van der Waals surface area contributed by atoms with Gasteiger partial charge >= 0.3 is 0 Å². The van der Waals surface area contributed by atoms with Gasteiger partial charge in [-0.1, -0.05) is 0 Å². The summed E-state index contributed by atoms with van der Waals surface area (Å²) < 4.78 is 74.2. The van der Waals surface area contributed by atoms with Gasteiger partial charge in [0.1, 0.15) is 26.9 Å². The van der Waals surface area contributed by atoms with Gasteiger partial charge in [-0.25, -0.2) is 0 Å². The first-order valence-corrected chi connectivity index (χ1v) is 16.8. The molecule has 51 heavy (non-hydrogen) atoms. The highest BCUT2D eigenvalue weighted by Gasteiger charge is 2.28. The topological polar surface area (TPSA) is 299 Å². The van der Waals surface area contributed by atoms with Crippen LogP contribution in [0.4, 0.5) is 45.5 Å². The Bertz CT molecular complexity index is 2520. The van der Waals surface area contributed by atoms with Crippen molar-refractivity contribution in [3.63, 3.8) is 0 Å². The fourth-order valence-electron chi connectivity index (χ4n) is 4.53. The van der Waals surface area contributed by atoms with Gasteiger partial charge in [0.15, 0.2) is 5.75 Å². The Morgan fingerprint density at radius 1 is 0.745 bits per heavy atom. The number of nitrogens with zero attached hydrogens (tertiary/aromatic N) is 7. The van der Waals surface area contributed by atoms with Crippen molar-refractivity contribution in [2.45, 2.75) is 16.7 Å². The van der Waals surface area contributed by atoms with E-state index in [9.17, 15) is 46.0 Å². The number of nitro benzene ring substituents is 1. The number of phenolic OH excluding ortho intramolecular Hbond substituents is 1. The highest BCUT2D eigenvalue weighted by atomic mass is 32.2. The summed E-state index contributed by atoms with van der Waals surface area (Å²) in [7, 11) is -10.4. The summed E-state index contributed by atoms with van der Waals surface area (Å²) in [6.07, 6.45) is 0. The minimum Gasteiger partial charge on any atom is -0.505 e. The Labute approximate surface area is 287 Å². The molecule has 0 heterocycles. The molecular weight excluding hydrogens is 713 g/mol. The number of azo groups is 3. The lowest BCUT2D eigenvalue weighted by atomic mass is 10.0. The third-order valence-electron chi connectivity index (χ3n) is 6.95. The smallest absolute Gasteiger partial charge is 0.298 e. The number of aromatic hydroxyl groups is 1. The Balaban J connectivity index is 1.57. The van der Waals surface area contributed by atoms with Gasteiger partial charge in [0.2, 0.25) is 0 Å². The van der Waals surface area contributed by atoms with Crippen LogP contribution < -0.4 is 10.5 Å². The largest absolute Gasteiger partial charge is 0.505 e. The molecule has 0 radical (unpaired) electrons. The van der Waals surface area contributed by atoms with Crippen molar-refractivity contribution in [1.29, 1.82) is 0 Å². The minimum atomic E-state index is -5.23. The summed E-state index contributed by atoms with van der Waals surface area (Å²) >= 11 is 0. The zero-order valence-corrected chi connectivity index (χ0v) is 27.3. The molecule has 0 aromatic heterocycles. The van der Waals surface area contributed by atoms with Crippen LogP contribution in [0.1, 0.15) is 5.56 Å². The molecule has 0 saturated carbocycles. The maximum atomic E-state index is 12.4. The second-order valence-corrected chi connectivity index (χ2v) is 13.1. The van der Waals surface area contributed by atoms with Crippen LogP contribution in [-0.2, 0) is 25.0 Å². The van der Waals surface area contributed by atoms with E-state index >= 15 is 0 Å². The summed E-state index contributed by atoms with van der Waals surface area (Å²) in [5.41, 5.74) is 6.02. The summed E-state index contributed by atoms with van der Waals surface area (Å²) in [6.45, 7) is 2.00. The molecule has 0 spiro atoms. The summed E-state index contributed by atoms with van der Waals surface area (Å²) in [5.74, 6) is -0.740. The number of anilines is 1. The summed E-state index contributed by atoms with van der Waals surface area (Å²) in [5, 5.41) is 44.8. The molecule has 21 heteroatoms. The van der Waals surface area contributed by atoms with E-state index in [0.717, 1.165) is 18.2 Å². The number of benzene rings is 5. The van der Waals surface area contributed by atoms with Crippen molar-refractivity contribution >= 4 is 83.0 Å². The van der Waals surface area contributed by atoms with Crippen LogP contribution in [0.25, 0.3) is 10.8 Å². The molecule has 0 atom stereocenters. The molecule has 19 nitrogen and oxygen atoms in total. The summed E-state index contributed by atoms with van der Waals surface area (Å²) in [4.78, 5) is 18.7. The van der Waals surface area contributed by atoms with Gasteiger partial charge in [-0.05, 0) is 79.2 Å². The van der Waals surface area contributed by atoms with E-state index in [1.54, 1.807) is 31.2 Å². The fourth-order valence-corrected chi connectivity index (χ4v) is 5.88. The van der Waals surface area contributed by atoms with Crippen molar-refractivity contribution in [2.75, 3.05) is 5.73 Å². The van der Waals surface area contributed by atoms with Crippen LogP contribution in [0.5, 0.6) is 11.5 Å². The Kier molecular flexibility index (Phi) is 9.90. The second-order valence-electron chi connectivity index (χ2n) is 10.3. The molecule has 5 aromatic carbocycles. The molecule has 0 unspecified atom stereocenters. The van der Waals surface area contributed by atoms with Crippen LogP contribution >= 0.6 is 0 Å². The van der Waals surface area contributed by atoms with Crippen molar-refractivity contribution in [3.8, 4) is 11.5 Å². The molecule has 260 valence electrons. The van der Waals surface area contributed by atoms with Crippen LogP contribution in [0.2, 0.25) is 0 Å². The maximum absolute atomic E-state index is 12.4. The number of hydrogen-bond donors (Lipinski definition) is 4. The average Bonchev–Trinajstić information content (AvgIpc) is 3.07. The Hall–Kier alpha value is -6.55. The first-order chi connectivity index (χ1) is 24.1. The first kappa shape index (κ1) is 35.7. The number of nitrogens with two attached hydrogens (primary N) is 1. The number of ether oxygens (including phenoxy) is 1. The summed E-state index contributed by atoms with van der Waals surface area (Å²) in [6, 6.07) is 16.7. The highest BCUT2D eigenvalue weighted by molar-refractivity contribution is 7.86. The van der Waals surface area contributed by atoms with Gasteiger partial charge in [-0.2, -0.15) is 37.3 Å². The van der Waals surface area contributed by atoms with E-state index in [1.807, 2.05) is 0 Å². The van der Waals surface area contributed by atoms with Crippen molar-refractivity contribution in [2.24, 2.45) is 30.7 Å². The lowest BCUT2D eigenvalue weighted by Crippen LogP contribution is -2.04. The molecule has 0 aliphatic carbocycles. The molecule has 5 rings (SSSR count). The lowest BCUT2D eigenvalue weighted by Gasteiger charge is -2.14. The van der Waals surface area contributed by atoms with Gasteiger partial charge < -0.3 is 15.6 Å². The van der Waals surface area contributed by atoms with Crippen LogP contribution in [0, 0.1) is 17.0 Å². The number of non-ortho nitro benzene ring substituents is 1. The Morgan fingerprint density at radius 3 is 1.86 bits per heavy atom. The standard InChI is InChI=1S/C30H22N8O11S2/c1-16-12-19(6-11-23(16)35-32-18-4-9-21(10-5-18)49-15-39)34-36-24-14-25(50(43,44)45)22-13-26(51(46,47)48)29(30(40)27(22)28(24)31)37-33-17-2-7-20(8-3-17)38(41)42/h2-15,40H,31H2,1H3,(H,43,44,45)(H,46,47,48). The average molecular weight is 735 g/mol. The molecule has 5 aromatic rings. The fraction of sp³-hybridized carbons (Fsp3) is 0.0333. The number of nitro groups is 1. The lowest BCUT2D eigenvalue weighted by molar-refractivity contribution is -0.384. The van der Waals surface area contributed by atoms with Gasteiger partial charge in [-0.15, -0.1) is 10.2 Å². The number of carbonyl (C=O) groups excluding carboxylic acids is 1. The van der Waals surface area contributed by atoms with Gasteiger partial charge in [0.05, 0.1) is 38.7 Å². The van der Waals surface area contributed by atoms with Crippen molar-refractivity contribution in [1.82, 2.24) is 0 Å². The molecular formula is C30H22N8O11S2. The zero-order valence-electron chi connectivity index (χ0n) is 25.7. The molecule has 0 aliphatic heterocycles. The molecule has 0 bridgehead atoms. The van der Waals surface area contributed by atoms with E-state index in [4.69, 9.17) is 10.5 Å². The van der Waals surface area contributed by atoms with E-state index < -0.39 is 62.8 Å². The number of nitrogen functional groups attached to an aromatic ring is 1. The van der Waals surface area contributed by atoms with Gasteiger partial charge in [0.25, 0.3) is 32.4 Å². The molecule has 0 fully saturated rings. The minimum absolute atomic E-state index is 0.0295. The number of fused-ring (bicyclic) bond motifs is 1. The molecule has 5 N–H and O–H groups in total. The third-order valence-corrected chi connectivity index (χ3v) is 8.71. The van der Waals surface area contributed by atoms with Crippen LogP contribution in [0.3, 0.4) is 0 Å². The molecule has 0 saturated heterocycles. The second kappa shape index (κ2) is 14.1. The number of rotatable bonds is 11. The van der Waals surface area contributed by atoms with Crippen LogP contribution in [0.15, 0.2) is 119 Å². The first-order valence-electron chi connectivity index (χ1n) is 13.9. The number of carbonyl (C=O) groups is 1. The predicted octanol–water partition coefficient (Wildman–Crippen LogP) is 7.62. The maximum Gasteiger partial charge on any atom is 0.298 e. The van der Waals surface area contributed by atoms with E-state index in [0.29, 0.717) is 35.2 Å². The third kappa shape index (κ3) is 8.02. The van der Waals surface area contributed by atoms with E-state index in [2.05, 4.69) is 30.7 Å². The normalized spacial score (nSPS) is 12.3. The number of phenols is 1. The van der Waals surface area contributed by atoms with Crippen LogP contribution in [-0.4, -0.2) is 42.4 Å². The number of hydrogen-bond acceptors (Lipinski definition) is 16. The van der Waals surface area contributed by atoms with E-state index in [1.165, 1.54) is 30.3 Å². The molecule has 0 amide bonds. The van der Waals surface area contributed by atoms with Gasteiger partial charge in [0, 0.05) is 17.5 Å². The predicted molar refractivity (Wildman–Crippen MR) is 180 cm³/mol. The molecule has 0 aliphatic rings. The van der Waals surface area contributed by atoms with Gasteiger partial charge in [-0.3, -0.25) is 24.0 Å². The Morgan fingerprint density at radius 2 is 1.29 bits per heavy atom. The quantitative estimate of drug-likeness (QED) is 0.0254. The SMILES string of the molecule is Cc1cc(N=Nc2cc(S(=O)(=O)O)c3cc(S(=O)(=O)O)c(N=Nc4ccc([N+](=O)[O-])cc4)c(O)c3c2N)ccc1N=Nc1ccc(OC=O)cc1. The monoisotopic (exact) mass is 734 g/mol.